The van der Waals surface area contributed by atoms with E-state index in [1.165, 1.54) is 22.5 Å². The first-order chi connectivity index (χ1) is 8.74. The van der Waals surface area contributed by atoms with Crippen LogP contribution < -0.4 is 0 Å². The zero-order chi connectivity index (χ0) is 12.7. The van der Waals surface area contributed by atoms with Crippen LogP contribution in [-0.4, -0.2) is 10.9 Å². The fourth-order valence-corrected chi connectivity index (χ4v) is 3.10. The van der Waals surface area contributed by atoms with Crippen LogP contribution >= 0.6 is 0 Å². The first kappa shape index (κ1) is 11.3. The molecule has 0 radical (unpaired) electrons. The smallest absolute Gasteiger partial charge is 0.152 e. The third-order valence-corrected chi connectivity index (χ3v) is 3.98. The lowest BCUT2D eigenvalue weighted by atomic mass is 10.1. The molecule has 0 aliphatic heterocycles. The highest BCUT2D eigenvalue weighted by Crippen LogP contribution is 2.33. The topological polar surface area (TPSA) is 22.0 Å². The van der Waals surface area contributed by atoms with Crippen LogP contribution in [0.2, 0.25) is 0 Å². The molecule has 1 aromatic heterocycles. The van der Waals surface area contributed by atoms with Crippen LogP contribution in [0.25, 0.3) is 5.69 Å². The average molecular weight is 239 g/mol. The molecule has 0 spiro atoms. The second-order valence-corrected chi connectivity index (χ2v) is 5.02. The molecule has 0 N–H and O–H groups in total. The van der Waals surface area contributed by atoms with Crippen molar-refractivity contribution in [2.24, 2.45) is 0 Å². The maximum absolute atomic E-state index is 11.3. The number of rotatable bonds is 2. The molecule has 0 unspecified atom stereocenters. The van der Waals surface area contributed by atoms with Gasteiger partial charge in [-0.1, -0.05) is 18.2 Å². The maximum atomic E-state index is 11.3. The Balaban J connectivity index is 2.31. The van der Waals surface area contributed by atoms with Crippen molar-refractivity contribution in [1.82, 2.24) is 4.57 Å². The Morgan fingerprint density at radius 3 is 2.67 bits per heavy atom. The lowest BCUT2D eigenvalue weighted by molar-refractivity contribution is 0.112. The molecule has 0 fully saturated rings. The number of hydrogen-bond donors (Lipinski definition) is 0. The van der Waals surface area contributed by atoms with Crippen molar-refractivity contribution >= 4 is 6.29 Å². The molecule has 18 heavy (non-hydrogen) atoms. The van der Waals surface area contributed by atoms with E-state index in [0.717, 1.165) is 36.8 Å². The van der Waals surface area contributed by atoms with Crippen molar-refractivity contribution in [3.63, 3.8) is 0 Å². The van der Waals surface area contributed by atoms with Gasteiger partial charge in [-0.2, -0.15) is 0 Å². The molecule has 0 amide bonds. The minimum atomic E-state index is 0.908. The molecule has 0 saturated heterocycles. The van der Waals surface area contributed by atoms with E-state index >= 15 is 0 Å². The Labute approximate surface area is 107 Å². The van der Waals surface area contributed by atoms with E-state index in [1.807, 2.05) is 0 Å². The van der Waals surface area contributed by atoms with Crippen LogP contribution in [0, 0.1) is 13.8 Å². The number of aldehydes is 1. The third-order valence-electron chi connectivity index (χ3n) is 3.98. The molecule has 3 rings (SSSR count). The van der Waals surface area contributed by atoms with Crippen molar-refractivity contribution in [2.75, 3.05) is 0 Å². The number of nitrogens with zero attached hydrogens (tertiary/aromatic N) is 1. The number of hydrogen-bond acceptors (Lipinski definition) is 1. The van der Waals surface area contributed by atoms with Gasteiger partial charge >= 0.3 is 0 Å². The van der Waals surface area contributed by atoms with Crippen LogP contribution in [0.4, 0.5) is 0 Å². The monoisotopic (exact) mass is 239 g/mol. The summed E-state index contributed by atoms with van der Waals surface area (Å²) in [6.07, 6.45) is 4.31. The lowest BCUT2D eigenvalue weighted by Gasteiger charge is -2.13. The second-order valence-electron chi connectivity index (χ2n) is 5.02. The first-order valence-electron chi connectivity index (χ1n) is 6.48. The van der Waals surface area contributed by atoms with Crippen molar-refractivity contribution in [3.05, 3.63) is 52.3 Å². The van der Waals surface area contributed by atoms with Crippen molar-refractivity contribution in [1.29, 1.82) is 0 Å². The number of carbonyl (C=O) groups excluding carboxylic acids is 1. The number of para-hydroxylation sites is 1. The van der Waals surface area contributed by atoms with E-state index in [9.17, 15) is 4.79 Å². The lowest BCUT2D eigenvalue weighted by Crippen LogP contribution is -2.03. The van der Waals surface area contributed by atoms with Crippen LogP contribution in [0.15, 0.2) is 24.3 Å². The zero-order valence-electron chi connectivity index (χ0n) is 10.9. The van der Waals surface area contributed by atoms with Gasteiger partial charge in [0.05, 0.1) is 0 Å². The molecule has 0 bridgehead atoms. The van der Waals surface area contributed by atoms with E-state index < -0.39 is 0 Å². The van der Waals surface area contributed by atoms with Gasteiger partial charge in [0.25, 0.3) is 0 Å². The molecule has 0 saturated carbocycles. The van der Waals surface area contributed by atoms with Crippen molar-refractivity contribution < 1.29 is 4.79 Å². The molecule has 1 heterocycles. The SMILES string of the molecule is Cc1ccccc1-n1c(C)c(C=O)c2c1CCC2. The molecule has 1 aliphatic rings. The van der Waals surface area contributed by atoms with Gasteiger partial charge in [0.2, 0.25) is 0 Å². The predicted octanol–water partition coefficient (Wildman–Crippen LogP) is 3.40. The summed E-state index contributed by atoms with van der Waals surface area (Å²) in [7, 11) is 0. The maximum Gasteiger partial charge on any atom is 0.152 e. The average Bonchev–Trinajstić information content (AvgIpc) is 2.90. The summed E-state index contributed by atoms with van der Waals surface area (Å²) in [5, 5.41) is 0. The molecular formula is C16H17NO. The van der Waals surface area contributed by atoms with E-state index in [0.29, 0.717) is 0 Å². The van der Waals surface area contributed by atoms with Gasteiger partial charge in [-0.05, 0) is 50.3 Å². The zero-order valence-corrected chi connectivity index (χ0v) is 10.9. The quantitative estimate of drug-likeness (QED) is 0.736. The Hall–Kier alpha value is -1.83. The summed E-state index contributed by atoms with van der Waals surface area (Å²) < 4.78 is 2.28. The first-order valence-corrected chi connectivity index (χ1v) is 6.48. The number of aryl methyl sites for hydroxylation is 1. The van der Waals surface area contributed by atoms with Crippen molar-refractivity contribution in [3.8, 4) is 5.69 Å². The van der Waals surface area contributed by atoms with Gasteiger partial charge in [0, 0.05) is 22.6 Å². The number of benzene rings is 1. The van der Waals surface area contributed by atoms with E-state index in [1.54, 1.807) is 0 Å². The molecule has 92 valence electrons. The number of fused-ring (bicyclic) bond motifs is 1. The summed E-state index contributed by atoms with van der Waals surface area (Å²) in [4.78, 5) is 11.3. The molecule has 0 atom stereocenters. The third kappa shape index (κ3) is 1.45. The molecule has 2 nitrogen and oxygen atoms in total. The standard InChI is InChI=1S/C16H17NO/c1-11-6-3-4-8-15(11)17-12(2)14(10-18)13-7-5-9-16(13)17/h3-4,6,8,10H,5,7,9H2,1-2H3. The van der Waals surface area contributed by atoms with Gasteiger partial charge in [-0.25, -0.2) is 0 Å². The summed E-state index contributed by atoms with van der Waals surface area (Å²) in [6.45, 7) is 4.17. The highest BCUT2D eigenvalue weighted by molar-refractivity contribution is 5.81. The second kappa shape index (κ2) is 4.13. The molecular weight excluding hydrogens is 222 g/mol. The normalized spacial score (nSPS) is 13.7. The van der Waals surface area contributed by atoms with Gasteiger partial charge in [0.1, 0.15) is 0 Å². The van der Waals surface area contributed by atoms with Crippen LogP contribution in [0.1, 0.15) is 39.3 Å². The fourth-order valence-electron chi connectivity index (χ4n) is 3.10. The Bertz CT molecular complexity index is 622. The van der Waals surface area contributed by atoms with Gasteiger partial charge < -0.3 is 4.57 Å². The highest BCUT2D eigenvalue weighted by Gasteiger charge is 2.24. The number of aromatic nitrogens is 1. The Kier molecular flexibility index (Phi) is 2.58. The predicted molar refractivity (Wildman–Crippen MR) is 72.7 cm³/mol. The summed E-state index contributed by atoms with van der Waals surface area (Å²) >= 11 is 0. The highest BCUT2D eigenvalue weighted by atomic mass is 16.1. The molecule has 1 aliphatic carbocycles. The minimum absolute atomic E-state index is 0.908. The molecule has 2 aromatic rings. The summed E-state index contributed by atoms with van der Waals surface area (Å²) in [5.74, 6) is 0. The Morgan fingerprint density at radius 2 is 1.94 bits per heavy atom. The molecule has 2 heteroatoms. The van der Waals surface area contributed by atoms with Gasteiger partial charge in [-0.15, -0.1) is 0 Å². The van der Waals surface area contributed by atoms with E-state index in [-0.39, 0.29) is 0 Å². The minimum Gasteiger partial charge on any atom is -0.317 e. The van der Waals surface area contributed by atoms with Crippen LogP contribution in [0.3, 0.4) is 0 Å². The van der Waals surface area contributed by atoms with E-state index in [4.69, 9.17) is 0 Å². The van der Waals surface area contributed by atoms with Crippen molar-refractivity contribution in [2.45, 2.75) is 33.1 Å². The summed E-state index contributed by atoms with van der Waals surface area (Å²) in [5.41, 5.74) is 7.06. The fraction of sp³-hybridized carbons (Fsp3) is 0.312. The number of carbonyl (C=O) groups is 1. The largest absolute Gasteiger partial charge is 0.317 e. The molecule has 1 aromatic carbocycles. The van der Waals surface area contributed by atoms with E-state index in [2.05, 4.69) is 42.7 Å². The summed E-state index contributed by atoms with van der Waals surface area (Å²) in [6, 6.07) is 8.37. The van der Waals surface area contributed by atoms with Crippen LogP contribution in [0.5, 0.6) is 0 Å². The Morgan fingerprint density at radius 1 is 1.17 bits per heavy atom. The van der Waals surface area contributed by atoms with Gasteiger partial charge in [-0.3, -0.25) is 4.79 Å². The van der Waals surface area contributed by atoms with Crippen LogP contribution in [-0.2, 0) is 12.8 Å². The van der Waals surface area contributed by atoms with Gasteiger partial charge in [0.15, 0.2) is 6.29 Å².